The number of rotatable bonds is 13. The molecular weight excluding hydrogens is 385 g/mol. The first-order valence-corrected chi connectivity index (χ1v) is 11.2. The van der Waals surface area contributed by atoms with Gasteiger partial charge in [-0.25, -0.2) is 6.10 Å². The standard InChI is InChI=1S/C16H33O.H3O3PS.Zn/c1-3-4-5-6-7-8-9-10-11-12-13-14-15-16(2)17;1-4(2,3)5;/h17H,3-15H2,1-2H3;(H3,1,2,3,5);/q-1;;. The summed E-state index contributed by atoms with van der Waals surface area (Å²) in [5, 5.41) is 9.03. The van der Waals surface area contributed by atoms with E-state index in [4.69, 9.17) is 19.8 Å². The Morgan fingerprint density at radius 2 is 1.00 bits per heavy atom. The van der Waals surface area contributed by atoms with Gasteiger partial charge in [0.15, 0.2) is 0 Å². The van der Waals surface area contributed by atoms with E-state index in [0.29, 0.717) is 6.10 Å². The zero-order valence-corrected chi connectivity index (χ0v) is 19.7. The van der Waals surface area contributed by atoms with Gasteiger partial charge < -0.3 is 19.8 Å². The summed E-state index contributed by atoms with van der Waals surface area (Å²) in [6.45, 7) is 0.272. The zero-order valence-electron chi connectivity index (χ0n) is 15.0. The van der Waals surface area contributed by atoms with Gasteiger partial charge in [-0.1, -0.05) is 84.0 Å². The molecule has 0 aromatic heterocycles. The van der Waals surface area contributed by atoms with Crippen LogP contribution in [0.25, 0.3) is 0 Å². The molecule has 0 heterocycles. The molecule has 0 amide bonds. The van der Waals surface area contributed by atoms with E-state index in [0.717, 1.165) is 6.42 Å². The second-order valence-corrected chi connectivity index (χ2v) is 8.38. The Morgan fingerprint density at radius 3 is 1.26 bits per heavy atom. The molecule has 0 bridgehead atoms. The summed E-state index contributed by atoms with van der Waals surface area (Å²) < 4.78 is 0. The Balaban J connectivity index is -0.000000578. The molecule has 0 aromatic rings. The summed E-state index contributed by atoms with van der Waals surface area (Å²) in [6.07, 6.45) is 18.1. The molecule has 4 N–H and O–H groups in total. The molecule has 0 unspecified atom stereocenters. The van der Waals surface area contributed by atoms with Gasteiger partial charge in [0.05, 0.1) is 0 Å². The largest absolute Gasteiger partial charge is 0.563 e. The van der Waals surface area contributed by atoms with Gasteiger partial charge in [-0.2, -0.15) is 13.3 Å². The van der Waals surface area contributed by atoms with Crippen molar-refractivity contribution in [1.82, 2.24) is 0 Å². The fraction of sp³-hybridized carbons (Fsp3) is 0.938. The van der Waals surface area contributed by atoms with Crippen LogP contribution in [0.15, 0.2) is 0 Å². The van der Waals surface area contributed by atoms with E-state index in [9.17, 15) is 0 Å². The van der Waals surface area contributed by atoms with Crippen LogP contribution < -0.4 is 0 Å². The molecule has 0 aliphatic rings. The number of unbranched alkanes of at least 4 members (excludes halogenated alkanes) is 11. The molecule has 0 fully saturated rings. The Kier molecular flexibility index (Phi) is 26.6. The van der Waals surface area contributed by atoms with E-state index in [1.54, 1.807) is 6.92 Å². The van der Waals surface area contributed by atoms with Gasteiger partial charge in [-0.3, -0.25) is 0 Å². The predicted molar refractivity (Wildman–Crippen MR) is 97.5 cm³/mol. The summed E-state index contributed by atoms with van der Waals surface area (Å²) in [5.41, 5.74) is 0. The maximum absolute atomic E-state index is 9.03. The van der Waals surface area contributed by atoms with Crippen LogP contribution in [0.4, 0.5) is 0 Å². The van der Waals surface area contributed by atoms with Gasteiger partial charge in [-0.05, 0) is 11.8 Å². The molecule has 4 nitrogen and oxygen atoms in total. The van der Waals surface area contributed by atoms with Crippen molar-refractivity contribution in [3.05, 3.63) is 6.10 Å². The van der Waals surface area contributed by atoms with Gasteiger partial charge in [0.25, 0.3) is 0 Å². The summed E-state index contributed by atoms with van der Waals surface area (Å²) in [4.78, 5) is 22.7. The molecule has 0 atom stereocenters. The second-order valence-electron chi connectivity index (χ2n) is 5.89. The minimum atomic E-state index is -3.81. The summed E-state index contributed by atoms with van der Waals surface area (Å²) in [6, 6.07) is 0. The summed E-state index contributed by atoms with van der Waals surface area (Å²) >= 11 is 3.60. The Bertz CT molecular complexity index is 254. The first-order chi connectivity index (χ1) is 10.3. The number of aliphatic hydroxyl groups excluding tert-OH is 1. The van der Waals surface area contributed by atoms with Crippen LogP contribution in [-0.4, -0.2) is 19.8 Å². The molecule has 0 rings (SSSR count). The van der Waals surface area contributed by atoms with Gasteiger partial charge in [0.1, 0.15) is 0 Å². The molecule has 23 heavy (non-hydrogen) atoms. The average Bonchev–Trinajstić information content (AvgIpc) is 2.38. The molecule has 138 valence electrons. The molecule has 7 heteroatoms. The normalized spacial score (nSPS) is 10.9. The van der Waals surface area contributed by atoms with Crippen molar-refractivity contribution in [1.29, 1.82) is 0 Å². The van der Waals surface area contributed by atoms with Crippen LogP contribution in [0.5, 0.6) is 0 Å². The van der Waals surface area contributed by atoms with E-state index < -0.39 is 6.72 Å². The Labute approximate surface area is 161 Å². The van der Waals surface area contributed by atoms with Crippen LogP contribution >= 0.6 is 6.72 Å². The van der Waals surface area contributed by atoms with E-state index in [-0.39, 0.29) is 19.5 Å². The Morgan fingerprint density at radius 1 is 0.739 bits per heavy atom. The molecule has 0 aliphatic heterocycles. The SMILES string of the molecule is CCCCCCCCCCCCCC[C-](C)O.OP(O)(O)=S.[Zn]. The first-order valence-electron chi connectivity index (χ1n) is 8.57. The Hall–Kier alpha value is 1.11. The fourth-order valence-electron chi connectivity index (χ4n) is 2.22. The molecule has 0 aromatic carbocycles. The molecule has 0 aliphatic carbocycles. The van der Waals surface area contributed by atoms with Crippen LogP contribution in [0, 0.1) is 6.10 Å². The van der Waals surface area contributed by atoms with Crippen molar-refractivity contribution < 1.29 is 39.3 Å². The molecule has 0 spiro atoms. The van der Waals surface area contributed by atoms with Gasteiger partial charge in [0, 0.05) is 19.5 Å². The van der Waals surface area contributed by atoms with Gasteiger partial charge in [0.2, 0.25) is 0 Å². The quantitative estimate of drug-likeness (QED) is 0.143. The maximum Gasteiger partial charge on any atom is 0.319 e. The molecule has 0 saturated carbocycles. The minimum absolute atomic E-state index is 0. The summed E-state index contributed by atoms with van der Waals surface area (Å²) in [7, 11) is 0. The second kappa shape index (κ2) is 21.2. The van der Waals surface area contributed by atoms with E-state index in [1.165, 1.54) is 77.0 Å². The van der Waals surface area contributed by atoms with Crippen molar-refractivity contribution in [2.75, 3.05) is 0 Å². The van der Waals surface area contributed by atoms with Crippen LogP contribution in [-0.2, 0) is 31.3 Å². The van der Waals surface area contributed by atoms with E-state index >= 15 is 0 Å². The van der Waals surface area contributed by atoms with Crippen LogP contribution in [0.2, 0.25) is 0 Å². The van der Waals surface area contributed by atoms with E-state index in [2.05, 4.69) is 18.7 Å². The van der Waals surface area contributed by atoms with Crippen molar-refractivity contribution in [3.8, 4) is 0 Å². The third-order valence-electron chi connectivity index (χ3n) is 3.39. The molecular formula is C16H36O4PSZn-. The average molecular weight is 421 g/mol. The van der Waals surface area contributed by atoms with Gasteiger partial charge >= 0.3 is 6.72 Å². The molecule has 0 saturated heterocycles. The van der Waals surface area contributed by atoms with Crippen molar-refractivity contribution >= 4 is 18.5 Å². The number of hydrogen-bond donors (Lipinski definition) is 4. The minimum Gasteiger partial charge on any atom is -0.563 e. The predicted octanol–water partition coefficient (Wildman–Crippen LogP) is 5.19. The fourth-order valence-corrected chi connectivity index (χ4v) is 2.22. The monoisotopic (exact) mass is 419 g/mol. The maximum atomic E-state index is 9.03. The van der Waals surface area contributed by atoms with Crippen molar-refractivity contribution in [3.63, 3.8) is 0 Å². The smallest absolute Gasteiger partial charge is 0.319 e. The first kappa shape index (κ1) is 28.9. The summed E-state index contributed by atoms with van der Waals surface area (Å²) in [5.74, 6) is 0. The van der Waals surface area contributed by atoms with Crippen LogP contribution in [0.1, 0.15) is 97.3 Å². The van der Waals surface area contributed by atoms with Crippen LogP contribution in [0.3, 0.4) is 0 Å². The third kappa shape index (κ3) is 45.1. The number of hydrogen-bond acceptors (Lipinski definition) is 2. The van der Waals surface area contributed by atoms with Crippen molar-refractivity contribution in [2.24, 2.45) is 0 Å². The molecule has 0 radical (unpaired) electrons. The third-order valence-corrected chi connectivity index (χ3v) is 3.39. The number of aliphatic hydroxyl groups is 1. The van der Waals surface area contributed by atoms with Gasteiger partial charge in [-0.15, -0.1) is 0 Å². The zero-order chi connectivity index (χ0) is 17.3. The topological polar surface area (TPSA) is 80.9 Å². The van der Waals surface area contributed by atoms with Crippen molar-refractivity contribution in [2.45, 2.75) is 97.3 Å². The van der Waals surface area contributed by atoms with E-state index in [1.807, 2.05) is 0 Å².